The maximum atomic E-state index is 12.7. The van der Waals surface area contributed by atoms with E-state index in [0.29, 0.717) is 17.7 Å². The quantitative estimate of drug-likeness (QED) is 0.905. The highest BCUT2D eigenvalue weighted by molar-refractivity contribution is 5.61. The zero-order valence-corrected chi connectivity index (χ0v) is 14.3. The summed E-state index contributed by atoms with van der Waals surface area (Å²) in [5, 5.41) is 0. The highest BCUT2D eigenvalue weighted by Crippen LogP contribution is 2.39. The lowest BCUT2D eigenvalue weighted by molar-refractivity contribution is 0.0477. The Kier molecular flexibility index (Phi) is 3.41. The van der Waals surface area contributed by atoms with Gasteiger partial charge in [0.1, 0.15) is 12.1 Å². The van der Waals surface area contributed by atoms with E-state index >= 15 is 0 Å². The number of nitrogens with zero attached hydrogens (tertiary/aromatic N) is 4. The first kappa shape index (κ1) is 15.1. The Morgan fingerprint density at radius 3 is 2.72 bits per heavy atom. The van der Waals surface area contributed by atoms with Gasteiger partial charge in [0.15, 0.2) is 0 Å². The lowest BCUT2D eigenvalue weighted by Crippen LogP contribution is -2.52. The second kappa shape index (κ2) is 5.66. The molecule has 1 aliphatic carbocycles. The Bertz CT molecular complexity index is 872. The molecule has 2 bridgehead atoms. The Morgan fingerprint density at radius 2 is 1.96 bits per heavy atom. The van der Waals surface area contributed by atoms with Gasteiger partial charge in [0.2, 0.25) is 0 Å². The molecule has 1 saturated carbocycles. The van der Waals surface area contributed by atoms with Crippen molar-refractivity contribution in [2.45, 2.75) is 44.2 Å². The van der Waals surface area contributed by atoms with Gasteiger partial charge >= 0.3 is 0 Å². The molecule has 6 nitrogen and oxygen atoms in total. The molecule has 2 atom stereocenters. The van der Waals surface area contributed by atoms with Crippen LogP contribution in [0.15, 0.2) is 29.3 Å². The number of nitrogens with two attached hydrogens (primary N) is 1. The first-order chi connectivity index (χ1) is 12.2. The fourth-order valence-corrected chi connectivity index (χ4v) is 4.72. The van der Waals surface area contributed by atoms with Crippen LogP contribution in [0.4, 0.5) is 5.82 Å². The molecule has 2 aromatic rings. The van der Waals surface area contributed by atoms with E-state index in [1.807, 2.05) is 4.57 Å². The average molecular weight is 337 g/mol. The molecule has 2 fully saturated rings. The molecule has 0 radical (unpaired) electrons. The number of hydrogen-bond donors (Lipinski definition) is 1. The minimum Gasteiger partial charge on any atom is -0.384 e. The zero-order chi connectivity index (χ0) is 17.0. The van der Waals surface area contributed by atoms with Gasteiger partial charge in [-0.1, -0.05) is 6.42 Å². The van der Waals surface area contributed by atoms with Crippen LogP contribution in [0.3, 0.4) is 0 Å². The molecule has 2 N–H and O–H groups in total. The minimum absolute atomic E-state index is 0.0801. The Labute approximate surface area is 146 Å². The molecule has 3 aliphatic rings. The smallest absolute Gasteiger partial charge is 0.251 e. The average Bonchev–Trinajstić information content (AvgIpc) is 2.54. The van der Waals surface area contributed by atoms with Gasteiger partial charge in [-0.25, -0.2) is 9.97 Å². The molecule has 2 aromatic heterocycles. The van der Waals surface area contributed by atoms with E-state index in [1.54, 1.807) is 12.1 Å². The standard InChI is InChI=1S/C19H23N5O/c20-18-7-16(21-11-22-18)13-5-17-14-4-12(9-24(17)19(25)6-13)8-23(10-14)15-2-1-3-15/h5-7,11-12,14-15H,1-4,8-10H2,(H2,20,21,22)/t12-,14+/m0/s1. The summed E-state index contributed by atoms with van der Waals surface area (Å²) in [4.78, 5) is 23.6. The van der Waals surface area contributed by atoms with Crippen LogP contribution < -0.4 is 11.3 Å². The van der Waals surface area contributed by atoms with Crippen molar-refractivity contribution in [2.75, 3.05) is 18.8 Å². The van der Waals surface area contributed by atoms with Gasteiger partial charge in [-0.05, 0) is 31.2 Å². The molecule has 130 valence electrons. The predicted octanol–water partition coefficient (Wildman–Crippen LogP) is 1.86. The van der Waals surface area contributed by atoms with Crippen molar-refractivity contribution in [1.82, 2.24) is 19.4 Å². The Hall–Kier alpha value is -2.21. The molecule has 1 saturated heterocycles. The van der Waals surface area contributed by atoms with Gasteiger partial charge in [-0.15, -0.1) is 0 Å². The normalized spacial score (nSPS) is 26.1. The molecule has 6 heteroatoms. The van der Waals surface area contributed by atoms with Crippen LogP contribution in [-0.2, 0) is 6.54 Å². The first-order valence-corrected chi connectivity index (χ1v) is 9.24. The van der Waals surface area contributed by atoms with Gasteiger partial charge < -0.3 is 10.3 Å². The lowest BCUT2D eigenvalue weighted by Gasteiger charge is -2.48. The van der Waals surface area contributed by atoms with E-state index < -0.39 is 0 Å². The molecule has 4 heterocycles. The topological polar surface area (TPSA) is 77.0 Å². The molecule has 0 amide bonds. The van der Waals surface area contributed by atoms with Crippen molar-refractivity contribution in [1.29, 1.82) is 0 Å². The second-order valence-electron chi connectivity index (χ2n) is 7.78. The van der Waals surface area contributed by atoms with Gasteiger partial charge in [0, 0.05) is 55.0 Å². The molecular weight excluding hydrogens is 314 g/mol. The predicted molar refractivity (Wildman–Crippen MR) is 96.2 cm³/mol. The Morgan fingerprint density at radius 1 is 1.08 bits per heavy atom. The fraction of sp³-hybridized carbons (Fsp3) is 0.526. The maximum Gasteiger partial charge on any atom is 0.251 e. The number of aromatic nitrogens is 3. The largest absolute Gasteiger partial charge is 0.384 e. The van der Waals surface area contributed by atoms with Gasteiger partial charge in [0.25, 0.3) is 5.56 Å². The van der Waals surface area contributed by atoms with Crippen LogP contribution in [0.5, 0.6) is 0 Å². The number of anilines is 1. The molecule has 5 rings (SSSR count). The number of piperidine rings is 1. The van der Waals surface area contributed by atoms with E-state index in [4.69, 9.17) is 5.73 Å². The van der Waals surface area contributed by atoms with Crippen molar-refractivity contribution in [3.8, 4) is 11.3 Å². The van der Waals surface area contributed by atoms with E-state index in [1.165, 1.54) is 37.7 Å². The van der Waals surface area contributed by atoms with Crippen LogP contribution in [0.1, 0.15) is 37.3 Å². The SMILES string of the molecule is Nc1cc(-c2cc3n(c(=O)c2)C[C@H]2C[C@@H]3CN(C3CCC3)C2)ncn1. The third-order valence-corrected chi connectivity index (χ3v) is 6.16. The Balaban J connectivity index is 1.54. The number of pyridine rings is 1. The summed E-state index contributed by atoms with van der Waals surface area (Å²) in [5.41, 5.74) is 8.61. The van der Waals surface area contributed by atoms with Crippen molar-refractivity contribution in [3.05, 3.63) is 40.6 Å². The summed E-state index contributed by atoms with van der Waals surface area (Å²) in [6.45, 7) is 3.08. The highest BCUT2D eigenvalue weighted by atomic mass is 16.1. The van der Waals surface area contributed by atoms with Gasteiger partial charge in [-0.3, -0.25) is 9.69 Å². The summed E-state index contributed by atoms with van der Waals surface area (Å²) < 4.78 is 1.99. The molecule has 0 spiro atoms. The number of likely N-dealkylation sites (tertiary alicyclic amines) is 1. The number of hydrogen-bond acceptors (Lipinski definition) is 5. The summed E-state index contributed by atoms with van der Waals surface area (Å²) in [7, 11) is 0. The van der Waals surface area contributed by atoms with E-state index in [-0.39, 0.29) is 5.56 Å². The summed E-state index contributed by atoms with van der Waals surface area (Å²) in [5.74, 6) is 1.47. The van der Waals surface area contributed by atoms with Crippen LogP contribution in [0.25, 0.3) is 11.3 Å². The maximum absolute atomic E-state index is 12.7. The van der Waals surface area contributed by atoms with Crippen LogP contribution >= 0.6 is 0 Å². The molecule has 0 aromatic carbocycles. The van der Waals surface area contributed by atoms with E-state index in [2.05, 4.69) is 20.9 Å². The minimum atomic E-state index is 0.0801. The second-order valence-corrected chi connectivity index (χ2v) is 7.78. The summed E-state index contributed by atoms with van der Waals surface area (Å²) >= 11 is 0. The van der Waals surface area contributed by atoms with Crippen LogP contribution in [0.2, 0.25) is 0 Å². The van der Waals surface area contributed by atoms with Crippen molar-refractivity contribution < 1.29 is 0 Å². The highest BCUT2D eigenvalue weighted by Gasteiger charge is 2.38. The third-order valence-electron chi connectivity index (χ3n) is 6.16. The molecule has 25 heavy (non-hydrogen) atoms. The monoisotopic (exact) mass is 337 g/mol. The van der Waals surface area contributed by atoms with Crippen molar-refractivity contribution in [3.63, 3.8) is 0 Å². The summed E-state index contributed by atoms with van der Waals surface area (Å²) in [6, 6.07) is 6.34. The first-order valence-electron chi connectivity index (χ1n) is 9.24. The van der Waals surface area contributed by atoms with Crippen molar-refractivity contribution >= 4 is 5.82 Å². The van der Waals surface area contributed by atoms with Crippen molar-refractivity contribution in [2.24, 2.45) is 5.92 Å². The lowest BCUT2D eigenvalue weighted by atomic mass is 9.80. The fourth-order valence-electron chi connectivity index (χ4n) is 4.72. The number of nitrogen functional groups attached to an aromatic ring is 1. The molecular formula is C19H23N5O. The van der Waals surface area contributed by atoms with E-state index in [9.17, 15) is 4.79 Å². The van der Waals surface area contributed by atoms with Crippen LogP contribution in [0, 0.1) is 5.92 Å². The number of fused-ring (bicyclic) bond motifs is 4. The van der Waals surface area contributed by atoms with Crippen LogP contribution in [-0.4, -0.2) is 38.6 Å². The van der Waals surface area contributed by atoms with Gasteiger partial charge in [-0.2, -0.15) is 0 Å². The number of rotatable bonds is 2. The third kappa shape index (κ3) is 2.56. The van der Waals surface area contributed by atoms with Gasteiger partial charge in [0.05, 0.1) is 5.69 Å². The van der Waals surface area contributed by atoms with E-state index in [0.717, 1.165) is 36.9 Å². The molecule has 0 unspecified atom stereocenters. The molecule has 2 aliphatic heterocycles. The zero-order valence-electron chi connectivity index (χ0n) is 14.3. The summed E-state index contributed by atoms with van der Waals surface area (Å²) in [6.07, 6.45) is 6.69.